The number of hydrogen-bond donors (Lipinski definition) is 1. The maximum absolute atomic E-state index is 9.68. The molecule has 0 radical (unpaired) electrons. The first kappa shape index (κ1) is 15.8. The van der Waals surface area contributed by atoms with Crippen molar-refractivity contribution >= 4 is 5.71 Å². The normalized spacial score (nSPS) is 11.5. The zero-order valence-electron chi connectivity index (χ0n) is 13.9. The van der Waals surface area contributed by atoms with Crippen molar-refractivity contribution in [3.05, 3.63) is 102 Å². The Bertz CT molecular complexity index is 1020. The van der Waals surface area contributed by atoms with E-state index in [-0.39, 0.29) is 0 Å². The van der Waals surface area contributed by atoms with Crippen LogP contribution in [0.25, 0.3) is 22.4 Å². The van der Waals surface area contributed by atoms with Gasteiger partial charge in [0, 0.05) is 11.1 Å². The summed E-state index contributed by atoms with van der Waals surface area (Å²) >= 11 is 0. The predicted octanol–water partition coefficient (Wildman–Crippen LogP) is 5.24. The van der Waals surface area contributed by atoms with E-state index < -0.39 is 0 Å². The molecule has 0 unspecified atom stereocenters. The summed E-state index contributed by atoms with van der Waals surface area (Å²) in [6.07, 6.45) is 0. The average molecular weight is 340 g/mol. The maximum atomic E-state index is 9.68. The molecule has 4 rings (SSSR count). The highest BCUT2D eigenvalue weighted by Gasteiger charge is 2.24. The molecular weight excluding hydrogens is 324 g/mol. The molecule has 0 amide bonds. The first-order valence-corrected chi connectivity index (χ1v) is 8.27. The van der Waals surface area contributed by atoms with E-state index >= 15 is 0 Å². The van der Waals surface area contributed by atoms with Gasteiger partial charge in [0.2, 0.25) is 0 Å². The van der Waals surface area contributed by atoms with Crippen molar-refractivity contribution in [1.29, 1.82) is 0 Å². The molecule has 1 N–H and O–H groups in total. The van der Waals surface area contributed by atoms with Crippen LogP contribution in [0.3, 0.4) is 0 Å². The van der Waals surface area contributed by atoms with Gasteiger partial charge in [-0.05, 0) is 5.56 Å². The molecule has 0 fully saturated rings. The van der Waals surface area contributed by atoms with E-state index in [1.165, 1.54) is 0 Å². The minimum absolute atomic E-state index is 0.346. The molecule has 0 saturated carbocycles. The second kappa shape index (κ2) is 7.07. The molecule has 0 saturated heterocycles. The Morgan fingerprint density at radius 3 is 1.85 bits per heavy atom. The second-order valence-corrected chi connectivity index (χ2v) is 5.78. The minimum atomic E-state index is 0.346. The molecule has 0 spiro atoms. The van der Waals surface area contributed by atoms with Crippen molar-refractivity contribution in [2.45, 2.75) is 0 Å². The molecule has 3 aromatic carbocycles. The fraction of sp³-hybridized carbons (Fsp3) is 0. The zero-order chi connectivity index (χ0) is 17.8. The Morgan fingerprint density at radius 1 is 0.731 bits per heavy atom. The average Bonchev–Trinajstić information content (AvgIpc) is 3.15. The highest BCUT2D eigenvalue weighted by molar-refractivity contribution is 6.15. The van der Waals surface area contributed by atoms with Crippen LogP contribution in [0, 0.1) is 0 Å². The molecule has 1 aromatic heterocycles. The molecule has 0 atom stereocenters. The van der Waals surface area contributed by atoms with Crippen molar-refractivity contribution in [2.75, 3.05) is 0 Å². The minimum Gasteiger partial charge on any atom is -0.410 e. The lowest BCUT2D eigenvalue weighted by Crippen LogP contribution is -2.03. The van der Waals surface area contributed by atoms with Crippen LogP contribution in [-0.4, -0.2) is 16.1 Å². The quantitative estimate of drug-likeness (QED) is 0.314. The number of rotatable bonds is 4. The van der Waals surface area contributed by atoms with E-state index in [0.717, 1.165) is 22.3 Å². The summed E-state index contributed by atoms with van der Waals surface area (Å²) in [4.78, 5) is 0. The maximum Gasteiger partial charge on any atom is 0.197 e. The van der Waals surface area contributed by atoms with E-state index in [4.69, 9.17) is 4.52 Å². The van der Waals surface area contributed by atoms with Gasteiger partial charge in [-0.2, -0.15) is 0 Å². The monoisotopic (exact) mass is 340 g/mol. The van der Waals surface area contributed by atoms with Gasteiger partial charge in [0.1, 0.15) is 5.69 Å². The van der Waals surface area contributed by atoms with Gasteiger partial charge in [-0.3, -0.25) is 0 Å². The topological polar surface area (TPSA) is 58.6 Å². The highest BCUT2D eigenvalue weighted by Crippen LogP contribution is 2.35. The summed E-state index contributed by atoms with van der Waals surface area (Å²) in [5, 5.41) is 17.5. The molecular formula is C22H16N2O2. The van der Waals surface area contributed by atoms with Crippen LogP contribution in [0.4, 0.5) is 0 Å². The van der Waals surface area contributed by atoms with Crippen LogP contribution in [0.5, 0.6) is 0 Å². The predicted molar refractivity (Wildman–Crippen MR) is 101 cm³/mol. The Morgan fingerprint density at radius 2 is 1.27 bits per heavy atom. The van der Waals surface area contributed by atoms with Crippen LogP contribution in [0.1, 0.15) is 11.3 Å². The van der Waals surface area contributed by atoms with Gasteiger partial charge >= 0.3 is 0 Å². The molecule has 4 nitrogen and oxygen atoms in total. The molecule has 26 heavy (non-hydrogen) atoms. The van der Waals surface area contributed by atoms with Crippen molar-refractivity contribution in [3.63, 3.8) is 0 Å². The Labute approximate surface area is 151 Å². The van der Waals surface area contributed by atoms with Gasteiger partial charge in [0.25, 0.3) is 0 Å². The Hall–Kier alpha value is -3.66. The van der Waals surface area contributed by atoms with E-state index in [1.54, 1.807) is 0 Å². The fourth-order valence-electron chi connectivity index (χ4n) is 2.95. The van der Waals surface area contributed by atoms with Crippen LogP contribution in [-0.2, 0) is 0 Å². The van der Waals surface area contributed by atoms with Gasteiger partial charge in [0.15, 0.2) is 11.5 Å². The second-order valence-electron chi connectivity index (χ2n) is 5.78. The van der Waals surface area contributed by atoms with Crippen molar-refractivity contribution < 1.29 is 9.73 Å². The summed E-state index contributed by atoms with van der Waals surface area (Å²) in [6, 6.07) is 29.1. The number of aromatic nitrogens is 1. The number of hydrogen-bond acceptors (Lipinski definition) is 4. The molecule has 1 heterocycles. The highest BCUT2D eigenvalue weighted by atomic mass is 16.5. The zero-order valence-corrected chi connectivity index (χ0v) is 13.9. The standard InChI is InChI=1S/C22H16N2O2/c25-23-21(18-14-8-3-9-15-18)22-19(16-10-4-1-5-11-16)20(24-26-22)17-12-6-2-7-13-17/h1-15,25H/b23-21+. The lowest BCUT2D eigenvalue weighted by atomic mass is 9.95. The van der Waals surface area contributed by atoms with E-state index in [0.29, 0.717) is 17.2 Å². The third-order valence-corrected chi connectivity index (χ3v) is 4.16. The fourth-order valence-corrected chi connectivity index (χ4v) is 2.95. The smallest absolute Gasteiger partial charge is 0.197 e. The van der Waals surface area contributed by atoms with E-state index in [9.17, 15) is 5.21 Å². The third-order valence-electron chi connectivity index (χ3n) is 4.16. The van der Waals surface area contributed by atoms with Gasteiger partial charge in [-0.15, -0.1) is 0 Å². The summed E-state index contributed by atoms with van der Waals surface area (Å²) in [5.41, 5.74) is 4.49. The van der Waals surface area contributed by atoms with Crippen LogP contribution in [0.2, 0.25) is 0 Å². The third kappa shape index (κ3) is 2.89. The lowest BCUT2D eigenvalue weighted by Gasteiger charge is -2.06. The molecule has 0 aliphatic carbocycles. The molecule has 0 aliphatic heterocycles. The summed E-state index contributed by atoms with van der Waals surface area (Å²) in [7, 11) is 0. The first-order valence-electron chi connectivity index (χ1n) is 8.27. The van der Waals surface area contributed by atoms with E-state index in [1.807, 2.05) is 91.0 Å². The van der Waals surface area contributed by atoms with Crippen molar-refractivity contribution in [2.24, 2.45) is 5.16 Å². The Kier molecular flexibility index (Phi) is 4.31. The van der Waals surface area contributed by atoms with E-state index in [2.05, 4.69) is 10.3 Å². The SMILES string of the molecule is O/N=C(\c1ccccc1)c1onc(-c2ccccc2)c1-c1ccccc1. The van der Waals surface area contributed by atoms with Crippen molar-refractivity contribution in [1.82, 2.24) is 5.16 Å². The van der Waals surface area contributed by atoms with Gasteiger partial charge in [0.05, 0.1) is 5.56 Å². The van der Waals surface area contributed by atoms with Gasteiger partial charge in [-0.25, -0.2) is 0 Å². The molecule has 4 aromatic rings. The molecule has 4 heteroatoms. The number of benzene rings is 3. The lowest BCUT2D eigenvalue weighted by molar-refractivity contribution is 0.316. The van der Waals surface area contributed by atoms with Gasteiger partial charge < -0.3 is 9.73 Å². The number of nitrogens with zero attached hydrogens (tertiary/aromatic N) is 2. The van der Waals surface area contributed by atoms with Crippen LogP contribution < -0.4 is 0 Å². The van der Waals surface area contributed by atoms with Crippen LogP contribution >= 0.6 is 0 Å². The van der Waals surface area contributed by atoms with Crippen molar-refractivity contribution in [3.8, 4) is 22.4 Å². The Balaban J connectivity index is 1.95. The summed E-state index contributed by atoms with van der Waals surface area (Å²) in [5.74, 6) is 0.434. The molecule has 126 valence electrons. The number of oxime groups is 1. The summed E-state index contributed by atoms with van der Waals surface area (Å²) < 4.78 is 5.67. The van der Waals surface area contributed by atoms with Crippen LogP contribution in [0.15, 0.2) is 101 Å². The molecule has 0 bridgehead atoms. The van der Waals surface area contributed by atoms with Gasteiger partial charge in [-0.1, -0.05) is 101 Å². The largest absolute Gasteiger partial charge is 0.410 e. The first-order chi connectivity index (χ1) is 12.9. The summed E-state index contributed by atoms with van der Waals surface area (Å²) in [6.45, 7) is 0. The molecule has 0 aliphatic rings.